The Morgan fingerprint density at radius 1 is 1.38 bits per heavy atom. The molecule has 0 N–H and O–H groups in total. The molecule has 0 amide bonds. The highest BCUT2D eigenvalue weighted by Crippen LogP contribution is 2.20. The van der Waals surface area contributed by atoms with Gasteiger partial charge in [0.25, 0.3) is 0 Å². The molecule has 1 aliphatic heterocycles. The first-order chi connectivity index (χ1) is 9.91. The molecule has 3 rings (SSSR count). The van der Waals surface area contributed by atoms with Crippen molar-refractivity contribution in [2.45, 2.75) is 31.6 Å². The Balaban J connectivity index is 1.77. The van der Waals surface area contributed by atoms with E-state index in [2.05, 4.69) is 14.9 Å². The Kier molecular flexibility index (Phi) is 3.54. The molecular formula is C14H17N3O3S. The zero-order valence-corrected chi connectivity index (χ0v) is 12.9. The molecule has 0 fully saturated rings. The number of rotatable bonds is 3. The summed E-state index contributed by atoms with van der Waals surface area (Å²) in [6.07, 6.45) is 3.47. The lowest BCUT2D eigenvalue weighted by atomic mass is 10.1. The van der Waals surface area contributed by atoms with Gasteiger partial charge in [0.1, 0.15) is 11.5 Å². The van der Waals surface area contributed by atoms with Crippen molar-refractivity contribution in [3.05, 3.63) is 41.1 Å². The predicted molar refractivity (Wildman–Crippen MR) is 76.4 cm³/mol. The minimum absolute atomic E-state index is 0.0867. The van der Waals surface area contributed by atoms with Crippen molar-refractivity contribution in [2.75, 3.05) is 12.8 Å². The molecule has 3 heterocycles. The van der Waals surface area contributed by atoms with Crippen LogP contribution >= 0.6 is 0 Å². The fourth-order valence-corrected chi connectivity index (χ4v) is 2.98. The molecule has 112 valence electrons. The first kappa shape index (κ1) is 14.2. The molecule has 2 aromatic heterocycles. The van der Waals surface area contributed by atoms with Crippen LogP contribution in [0.2, 0.25) is 0 Å². The van der Waals surface area contributed by atoms with Gasteiger partial charge in [-0.25, -0.2) is 18.4 Å². The van der Waals surface area contributed by atoms with Gasteiger partial charge < -0.3 is 4.42 Å². The minimum Gasteiger partial charge on any atom is -0.465 e. The monoisotopic (exact) mass is 307 g/mol. The third-order valence-corrected chi connectivity index (χ3v) is 4.36. The van der Waals surface area contributed by atoms with Crippen LogP contribution in [0.5, 0.6) is 0 Å². The summed E-state index contributed by atoms with van der Waals surface area (Å²) in [5, 5.41) is -0.0867. The zero-order chi connectivity index (χ0) is 15.0. The fourth-order valence-electron chi connectivity index (χ4n) is 2.46. The van der Waals surface area contributed by atoms with Crippen LogP contribution in [0.4, 0.5) is 0 Å². The van der Waals surface area contributed by atoms with Crippen molar-refractivity contribution in [2.24, 2.45) is 0 Å². The van der Waals surface area contributed by atoms with Gasteiger partial charge >= 0.3 is 0 Å². The van der Waals surface area contributed by atoms with E-state index in [1.807, 2.05) is 19.1 Å². The topological polar surface area (TPSA) is 76.3 Å². The maximum Gasteiger partial charge on any atom is 0.246 e. The van der Waals surface area contributed by atoms with Crippen LogP contribution in [-0.2, 0) is 29.3 Å². The molecule has 2 aromatic rings. The van der Waals surface area contributed by atoms with Crippen molar-refractivity contribution in [1.82, 2.24) is 14.9 Å². The van der Waals surface area contributed by atoms with Crippen LogP contribution in [0, 0.1) is 6.92 Å². The Labute approximate surface area is 123 Å². The average molecular weight is 307 g/mol. The highest BCUT2D eigenvalue weighted by molar-refractivity contribution is 7.90. The van der Waals surface area contributed by atoms with Crippen LogP contribution < -0.4 is 0 Å². The molecule has 0 unspecified atom stereocenters. The molecule has 0 aromatic carbocycles. The molecule has 0 radical (unpaired) electrons. The Morgan fingerprint density at radius 3 is 2.86 bits per heavy atom. The maximum atomic E-state index is 11.5. The Hall–Kier alpha value is -1.73. The van der Waals surface area contributed by atoms with E-state index in [0.29, 0.717) is 6.54 Å². The van der Waals surface area contributed by atoms with Crippen LogP contribution in [0.25, 0.3) is 0 Å². The highest BCUT2D eigenvalue weighted by atomic mass is 32.2. The predicted octanol–water partition coefficient (Wildman–Crippen LogP) is 1.34. The SMILES string of the molecule is Cc1ccc(CN2CCc3nc(S(C)(=O)=O)ncc3C2)o1. The zero-order valence-electron chi connectivity index (χ0n) is 12.0. The van der Waals surface area contributed by atoms with E-state index in [1.54, 1.807) is 6.20 Å². The molecule has 0 aliphatic carbocycles. The highest BCUT2D eigenvalue weighted by Gasteiger charge is 2.21. The van der Waals surface area contributed by atoms with Crippen LogP contribution in [0.1, 0.15) is 22.8 Å². The van der Waals surface area contributed by atoms with Gasteiger partial charge in [-0.1, -0.05) is 0 Å². The van der Waals surface area contributed by atoms with Gasteiger partial charge in [0.2, 0.25) is 15.0 Å². The van der Waals surface area contributed by atoms with Gasteiger partial charge in [-0.05, 0) is 19.1 Å². The third kappa shape index (κ3) is 3.14. The first-order valence-electron chi connectivity index (χ1n) is 6.74. The lowest BCUT2D eigenvalue weighted by Crippen LogP contribution is -2.31. The van der Waals surface area contributed by atoms with E-state index in [9.17, 15) is 8.42 Å². The molecule has 7 heteroatoms. The van der Waals surface area contributed by atoms with E-state index in [4.69, 9.17) is 4.42 Å². The summed E-state index contributed by atoms with van der Waals surface area (Å²) in [4.78, 5) is 10.4. The maximum absolute atomic E-state index is 11.5. The summed E-state index contributed by atoms with van der Waals surface area (Å²) in [6, 6.07) is 3.93. The molecule has 0 bridgehead atoms. The largest absolute Gasteiger partial charge is 0.465 e. The van der Waals surface area contributed by atoms with Crippen LogP contribution in [0.3, 0.4) is 0 Å². The molecule has 21 heavy (non-hydrogen) atoms. The molecule has 0 saturated carbocycles. The summed E-state index contributed by atoms with van der Waals surface area (Å²) < 4.78 is 28.5. The Bertz CT molecular complexity index is 768. The molecule has 1 aliphatic rings. The Morgan fingerprint density at radius 2 is 2.19 bits per heavy atom. The van der Waals surface area contributed by atoms with Gasteiger partial charge in [-0.3, -0.25) is 4.90 Å². The second kappa shape index (κ2) is 5.23. The van der Waals surface area contributed by atoms with Crippen molar-refractivity contribution >= 4 is 9.84 Å². The minimum atomic E-state index is -3.35. The van der Waals surface area contributed by atoms with Crippen molar-refractivity contribution in [1.29, 1.82) is 0 Å². The smallest absolute Gasteiger partial charge is 0.246 e. The summed E-state index contributed by atoms with van der Waals surface area (Å²) in [5.41, 5.74) is 1.81. The first-order valence-corrected chi connectivity index (χ1v) is 8.63. The van der Waals surface area contributed by atoms with Crippen molar-refractivity contribution in [3.63, 3.8) is 0 Å². The fraction of sp³-hybridized carbons (Fsp3) is 0.429. The van der Waals surface area contributed by atoms with E-state index in [0.717, 1.165) is 48.5 Å². The molecule has 0 saturated heterocycles. The summed E-state index contributed by atoms with van der Waals surface area (Å²) in [7, 11) is -3.35. The number of sulfone groups is 1. The van der Waals surface area contributed by atoms with Gasteiger partial charge in [-0.15, -0.1) is 0 Å². The number of hydrogen-bond donors (Lipinski definition) is 0. The quantitative estimate of drug-likeness (QED) is 0.797. The number of nitrogens with zero attached hydrogens (tertiary/aromatic N) is 3. The normalized spacial score (nSPS) is 15.9. The average Bonchev–Trinajstić information content (AvgIpc) is 2.82. The molecule has 6 nitrogen and oxygen atoms in total. The van der Waals surface area contributed by atoms with Crippen LogP contribution in [0.15, 0.2) is 27.9 Å². The number of hydrogen-bond acceptors (Lipinski definition) is 6. The summed E-state index contributed by atoms with van der Waals surface area (Å²) >= 11 is 0. The number of aromatic nitrogens is 2. The molecule has 0 spiro atoms. The van der Waals surface area contributed by atoms with Gasteiger partial charge in [0.05, 0.1) is 12.2 Å². The lowest BCUT2D eigenvalue weighted by molar-refractivity contribution is 0.221. The number of aryl methyl sites for hydroxylation is 1. The van der Waals surface area contributed by atoms with Gasteiger partial charge in [0, 0.05) is 37.5 Å². The van der Waals surface area contributed by atoms with E-state index >= 15 is 0 Å². The van der Waals surface area contributed by atoms with Crippen molar-refractivity contribution in [3.8, 4) is 0 Å². The second-order valence-electron chi connectivity index (χ2n) is 5.37. The van der Waals surface area contributed by atoms with Gasteiger partial charge in [-0.2, -0.15) is 0 Å². The van der Waals surface area contributed by atoms with Gasteiger partial charge in [0.15, 0.2) is 0 Å². The molecular weight excluding hydrogens is 290 g/mol. The summed E-state index contributed by atoms with van der Waals surface area (Å²) in [6.45, 7) is 4.20. The van der Waals surface area contributed by atoms with E-state index in [1.165, 1.54) is 0 Å². The second-order valence-corrected chi connectivity index (χ2v) is 7.28. The number of furan rings is 1. The standard InChI is InChI=1S/C14H17N3O3S/c1-10-3-4-12(20-10)9-17-6-5-13-11(8-17)7-15-14(16-13)21(2,18)19/h3-4,7H,5-6,8-9H2,1-2H3. The number of fused-ring (bicyclic) bond motifs is 1. The van der Waals surface area contributed by atoms with E-state index < -0.39 is 9.84 Å². The third-order valence-electron chi connectivity index (χ3n) is 3.50. The van der Waals surface area contributed by atoms with E-state index in [-0.39, 0.29) is 5.16 Å². The summed E-state index contributed by atoms with van der Waals surface area (Å²) in [5.74, 6) is 1.84. The van der Waals surface area contributed by atoms with Crippen LogP contribution in [-0.4, -0.2) is 36.1 Å². The molecule has 0 atom stereocenters. The van der Waals surface area contributed by atoms with Crippen molar-refractivity contribution < 1.29 is 12.8 Å². The lowest BCUT2D eigenvalue weighted by Gasteiger charge is -2.27.